The van der Waals surface area contributed by atoms with Gasteiger partial charge in [0.2, 0.25) is 23.6 Å². The van der Waals surface area contributed by atoms with E-state index < -0.39 is 60.2 Å². The molecule has 0 aromatic carbocycles. The molecule has 4 unspecified atom stereocenters. The third-order valence-corrected chi connectivity index (χ3v) is 5.58. The number of rotatable bonds is 16. The quantitative estimate of drug-likeness (QED) is 0.136. The van der Waals surface area contributed by atoms with Crippen molar-refractivity contribution in [2.24, 2.45) is 17.4 Å². The number of amides is 4. The molecule has 9 N–H and O–H groups in total. The largest absolute Gasteiger partial charge is 0.480 e. The van der Waals surface area contributed by atoms with Crippen molar-refractivity contribution in [2.45, 2.75) is 63.7 Å². The zero-order chi connectivity index (χ0) is 26.5. The predicted octanol–water partition coefficient (Wildman–Crippen LogP) is -1.51. The highest BCUT2D eigenvalue weighted by Crippen LogP contribution is 2.07. The van der Waals surface area contributed by atoms with Crippen molar-refractivity contribution in [1.29, 1.82) is 0 Å². The molecule has 0 aliphatic rings. The van der Waals surface area contributed by atoms with Crippen LogP contribution in [0, 0.1) is 5.92 Å². The fraction of sp³-hybridized carbons (Fsp3) is 0.619. The Labute approximate surface area is 207 Å². The van der Waals surface area contributed by atoms with Crippen LogP contribution < -0.4 is 27.4 Å². The summed E-state index contributed by atoms with van der Waals surface area (Å²) in [4.78, 5) is 68.0. The second-order valence-corrected chi connectivity index (χ2v) is 9.48. The Morgan fingerprint density at radius 3 is 2.17 bits per heavy atom. The van der Waals surface area contributed by atoms with Gasteiger partial charge in [-0.3, -0.25) is 19.2 Å². The van der Waals surface area contributed by atoms with E-state index in [1.807, 2.05) is 6.26 Å². The first-order valence-corrected chi connectivity index (χ1v) is 12.5. The summed E-state index contributed by atoms with van der Waals surface area (Å²) in [5.74, 6) is -3.80. The molecule has 14 heteroatoms. The lowest BCUT2D eigenvalue weighted by Gasteiger charge is -2.25. The van der Waals surface area contributed by atoms with E-state index in [0.29, 0.717) is 11.4 Å². The molecule has 1 rings (SSSR count). The fourth-order valence-corrected chi connectivity index (χ4v) is 3.63. The van der Waals surface area contributed by atoms with E-state index in [9.17, 15) is 29.1 Å². The lowest BCUT2D eigenvalue weighted by atomic mass is 10.0. The van der Waals surface area contributed by atoms with Crippen molar-refractivity contribution in [3.63, 3.8) is 0 Å². The topological polar surface area (TPSA) is 222 Å². The Hall–Kier alpha value is -3.13. The minimum absolute atomic E-state index is 0.0299. The number of carboxylic acid groups (broad SMARTS) is 1. The minimum atomic E-state index is -1.42. The summed E-state index contributed by atoms with van der Waals surface area (Å²) in [5, 5.41) is 16.7. The van der Waals surface area contributed by atoms with Crippen LogP contribution in [0.1, 0.15) is 38.8 Å². The lowest BCUT2D eigenvalue weighted by molar-refractivity contribution is -0.143. The second-order valence-electron chi connectivity index (χ2n) is 8.49. The molecular weight excluding hydrogens is 478 g/mol. The first kappa shape index (κ1) is 29.9. The maximum atomic E-state index is 13.0. The molecule has 1 aromatic heterocycles. The SMILES string of the molecule is CSCCC(NC(=O)C(N)Cc1cnc[nH]1)C(=O)NC(CC(N)=O)C(=O)NC(CC(C)C)C(=O)O. The second kappa shape index (κ2) is 15.0. The summed E-state index contributed by atoms with van der Waals surface area (Å²) < 4.78 is 0. The predicted molar refractivity (Wildman–Crippen MR) is 130 cm³/mol. The summed E-state index contributed by atoms with van der Waals surface area (Å²) in [5.41, 5.74) is 11.8. The number of carboxylic acids is 1. The molecule has 0 saturated carbocycles. The Kier molecular flexibility index (Phi) is 12.8. The average molecular weight is 514 g/mol. The number of carbonyl (C=O) groups is 5. The smallest absolute Gasteiger partial charge is 0.326 e. The molecule has 0 saturated heterocycles. The van der Waals surface area contributed by atoms with Crippen LogP contribution in [0.25, 0.3) is 0 Å². The Bertz CT molecular complexity index is 864. The van der Waals surface area contributed by atoms with E-state index >= 15 is 0 Å². The number of thioether (sulfide) groups is 1. The van der Waals surface area contributed by atoms with Gasteiger partial charge < -0.3 is 37.5 Å². The van der Waals surface area contributed by atoms with Crippen LogP contribution in [0.2, 0.25) is 0 Å². The Morgan fingerprint density at radius 1 is 1.06 bits per heavy atom. The number of imidazole rings is 1. The molecule has 1 heterocycles. The van der Waals surface area contributed by atoms with E-state index in [1.165, 1.54) is 24.3 Å². The monoisotopic (exact) mass is 513 g/mol. The maximum absolute atomic E-state index is 13.0. The molecule has 0 radical (unpaired) electrons. The molecule has 0 aliphatic carbocycles. The summed E-state index contributed by atoms with van der Waals surface area (Å²) in [6.07, 6.45) is 4.81. The Morgan fingerprint density at radius 2 is 1.66 bits per heavy atom. The summed E-state index contributed by atoms with van der Waals surface area (Å²) in [7, 11) is 0. The first-order valence-electron chi connectivity index (χ1n) is 11.1. The van der Waals surface area contributed by atoms with Gasteiger partial charge in [0.15, 0.2) is 0 Å². The summed E-state index contributed by atoms with van der Waals surface area (Å²) in [6.45, 7) is 3.58. The third-order valence-electron chi connectivity index (χ3n) is 4.94. The average Bonchev–Trinajstić information content (AvgIpc) is 3.27. The molecule has 0 fully saturated rings. The Balaban J connectivity index is 2.93. The highest BCUT2D eigenvalue weighted by molar-refractivity contribution is 7.98. The van der Waals surface area contributed by atoms with Gasteiger partial charge in [-0.2, -0.15) is 11.8 Å². The maximum Gasteiger partial charge on any atom is 0.326 e. The summed E-state index contributed by atoms with van der Waals surface area (Å²) >= 11 is 1.45. The fourth-order valence-electron chi connectivity index (χ4n) is 3.16. The van der Waals surface area contributed by atoms with Gasteiger partial charge in [-0.15, -0.1) is 0 Å². The molecule has 0 bridgehead atoms. The number of aromatic nitrogens is 2. The van der Waals surface area contributed by atoms with Crippen molar-refractivity contribution in [3.05, 3.63) is 18.2 Å². The number of nitrogens with one attached hydrogen (secondary N) is 4. The van der Waals surface area contributed by atoms with Gasteiger partial charge in [0.1, 0.15) is 18.1 Å². The van der Waals surface area contributed by atoms with Gasteiger partial charge in [-0.1, -0.05) is 13.8 Å². The number of carbonyl (C=O) groups excluding carboxylic acids is 4. The zero-order valence-electron chi connectivity index (χ0n) is 20.1. The van der Waals surface area contributed by atoms with Crippen LogP contribution in [-0.2, 0) is 30.4 Å². The molecule has 196 valence electrons. The van der Waals surface area contributed by atoms with Crippen molar-refractivity contribution >= 4 is 41.4 Å². The van der Waals surface area contributed by atoms with E-state index in [1.54, 1.807) is 13.8 Å². The van der Waals surface area contributed by atoms with Gasteiger partial charge in [-0.25, -0.2) is 9.78 Å². The van der Waals surface area contributed by atoms with E-state index in [4.69, 9.17) is 11.5 Å². The van der Waals surface area contributed by atoms with Gasteiger partial charge in [0, 0.05) is 18.3 Å². The van der Waals surface area contributed by atoms with Crippen molar-refractivity contribution < 1.29 is 29.1 Å². The molecular formula is C21H35N7O6S. The lowest BCUT2D eigenvalue weighted by Crippen LogP contribution is -2.58. The third kappa shape index (κ3) is 11.2. The van der Waals surface area contributed by atoms with Crippen LogP contribution in [0.4, 0.5) is 0 Å². The molecule has 13 nitrogen and oxygen atoms in total. The van der Waals surface area contributed by atoms with Crippen molar-refractivity contribution in [1.82, 2.24) is 25.9 Å². The molecule has 35 heavy (non-hydrogen) atoms. The standard InChI is InChI=1S/C21H35N7O6S/c1-11(2)6-16(21(33)34)28-20(32)15(8-17(23)29)27-19(31)14(4-5-35-3)26-18(30)13(22)7-12-9-24-10-25-12/h9-11,13-16H,4-8,22H2,1-3H3,(H2,23,29)(H,24,25)(H,26,30)(H,27,31)(H,28,32)(H,33,34). The van der Waals surface area contributed by atoms with Gasteiger partial charge in [-0.05, 0) is 30.8 Å². The molecule has 0 aliphatic heterocycles. The van der Waals surface area contributed by atoms with Crippen molar-refractivity contribution in [2.75, 3.05) is 12.0 Å². The highest BCUT2D eigenvalue weighted by atomic mass is 32.2. The minimum Gasteiger partial charge on any atom is -0.480 e. The highest BCUT2D eigenvalue weighted by Gasteiger charge is 2.31. The van der Waals surface area contributed by atoms with Crippen LogP contribution >= 0.6 is 11.8 Å². The summed E-state index contributed by atoms with van der Waals surface area (Å²) in [6, 6.07) is -4.63. The van der Waals surface area contributed by atoms with E-state index in [-0.39, 0.29) is 25.2 Å². The van der Waals surface area contributed by atoms with Crippen LogP contribution in [-0.4, -0.2) is 80.8 Å². The normalized spacial score (nSPS) is 14.4. The molecule has 4 amide bonds. The number of hydrogen-bond donors (Lipinski definition) is 7. The van der Waals surface area contributed by atoms with Crippen LogP contribution in [0.3, 0.4) is 0 Å². The van der Waals surface area contributed by atoms with Gasteiger partial charge in [0.05, 0.1) is 18.8 Å². The molecule has 4 atom stereocenters. The number of nitrogens with two attached hydrogens (primary N) is 2. The number of nitrogens with zero attached hydrogens (tertiary/aromatic N) is 1. The number of aromatic amines is 1. The van der Waals surface area contributed by atoms with Crippen LogP contribution in [0.5, 0.6) is 0 Å². The first-order chi connectivity index (χ1) is 16.4. The van der Waals surface area contributed by atoms with Crippen LogP contribution in [0.15, 0.2) is 12.5 Å². The van der Waals surface area contributed by atoms with Crippen molar-refractivity contribution in [3.8, 4) is 0 Å². The molecule has 1 aromatic rings. The van der Waals surface area contributed by atoms with E-state index in [2.05, 4.69) is 25.9 Å². The number of hydrogen-bond acceptors (Lipinski definition) is 8. The number of primary amides is 1. The molecule has 0 spiro atoms. The number of H-pyrrole nitrogens is 1. The van der Waals surface area contributed by atoms with E-state index in [0.717, 1.165) is 0 Å². The van der Waals surface area contributed by atoms with Gasteiger partial charge in [0.25, 0.3) is 0 Å². The number of aliphatic carboxylic acids is 1. The zero-order valence-corrected chi connectivity index (χ0v) is 20.9. The van der Waals surface area contributed by atoms with Gasteiger partial charge >= 0.3 is 5.97 Å².